The number of nitrogens with one attached hydrogen (secondary N) is 2. The van der Waals surface area contributed by atoms with E-state index in [1.54, 1.807) is 74.5 Å². The van der Waals surface area contributed by atoms with Crippen molar-refractivity contribution in [2.45, 2.75) is 36.7 Å². The maximum Gasteiger partial charge on any atom is 0.338 e. The van der Waals surface area contributed by atoms with Gasteiger partial charge in [-0.3, -0.25) is 19.9 Å². The number of H-pyrrole nitrogens is 1. The molecule has 1 amide bonds. The molecule has 3 N–H and O–H groups in total. The summed E-state index contributed by atoms with van der Waals surface area (Å²) in [6.45, 7) is 3.17. The van der Waals surface area contributed by atoms with Gasteiger partial charge in [-0.05, 0) is 24.3 Å². The summed E-state index contributed by atoms with van der Waals surface area (Å²) in [5, 5.41) is 20.2. The molecular formula is C27H26N6O7S. The lowest BCUT2D eigenvalue weighted by Crippen LogP contribution is -2.38. The number of esters is 2. The fourth-order valence-electron chi connectivity index (χ4n) is 4.11. The number of aromatic amines is 1. The van der Waals surface area contributed by atoms with E-state index < -0.39 is 40.3 Å². The molecule has 0 spiro atoms. The average Bonchev–Trinajstić information content (AvgIpc) is 3.53. The van der Waals surface area contributed by atoms with Gasteiger partial charge in [-0.1, -0.05) is 55.5 Å². The monoisotopic (exact) mass is 578 g/mol. The number of hydrogen-bond acceptors (Lipinski definition) is 11. The van der Waals surface area contributed by atoms with Crippen molar-refractivity contribution in [3.05, 3.63) is 82.1 Å². The van der Waals surface area contributed by atoms with Crippen LogP contribution in [0.2, 0.25) is 0 Å². The minimum Gasteiger partial charge on any atom is -0.461 e. The van der Waals surface area contributed by atoms with Crippen LogP contribution in [0.3, 0.4) is 0 Å². The highest BCUT2D eigenvalue weighted by molar-refractivity contribution is 8.00. The topological polar surface area (TPSA) is 178 Å². The number of aromatic nitrogens is 5. The molecule has 13 nitrogen and oxygen atoms in total. The molecule has 0 radical (unpaired) electrons. The minimum atomic E-state index is -1.35. The van der Waals surface area contributed by atoms with Crippen molar-refractivity contribution in [1.82, 2.24) is 25.0 Å². The largest absolute Gasteiger partial charge is 0.461 e. The molecule has 5 rings (SSSR count). The summed E-state index contributed by atoms with van der Waals surface area (Å²) in [7, 11) is 0. The molecule has 4 atom stereocenters. The van der Waals surface area contributed by atoms with Gasteiger partial charge in [-0.2, -0.15) is 4.98 Å². The van der Waals surface area contributed by atoms with E-state index in [9.17, 15) is 24.3 Å². The summed E-state index contributed by atoms with van der Waals surface area (Å²) < 4.78 is 12.5. The Kier molecular flexibility index (Phi) is 8.12. The van der Waals surface area contributed by atoms with Crippen molar-refractivity contribution in [3.8, 4) is 0 Å². The number of carbonyl (C=O) groups is 3. The third-order valence-electron chi connectivity index (χ3n) is 6.29. The molecule has 14 heteroatoms. The minimum absolute atomic E-state index is 0.000535. The lowest BCUT2D eigenvalue weighted by atomic mass is 10.1. The number of rotatable bonds is 8. The van der Waals surface area contributed by atoms with Crippen molar-refractivity contribution >= 4 is 46.7 Å². The zero-order valence-corrected chi connectivity index (χ0v) is 22.8. The van der Waals surface area contributed by atoms with Crippen molar-refractivity contribution in [3.63, 3.8) is 0 Å². The van der Waals surface area contributed by atoms with Crippen LogP contribution in [0, 0.1) is 5.92 Å². The van der Waals surface area contributed by atoms with Crippen molar-refractivity contribution in [2.75, 3.05) is 11.9 Å². The molecule has 1 fully saturated rings. The average molecular weight is 579 g/mol. The lowest BCUT2D eigenvalue weighted by molar-refractivity contribution is -0.118. The van der Waals surface area contributed by atoms with Gasteiger partial charge in [-0.25, -0.2) is 14.3 Å². The van der Waals surface area contributed by atoms with Crippen LogP contribution in [0.1, 0.15) is 39.9 Å². The first-order valence-corrected chi connectivity index (χ1v) is 13.6. The highest BCUT2D eigenvalue weighted by Gasteiger charge is 2.48. The number of aliphatic hydroxyl groups is 1. The SMILES string of the molecule is CC(C)C(=O)Nc1nc2c(nnn2[C@@H]2S[C@H](COC(=O)c3ccccc3)[C@@H](OC(=O)c3ccccc3)[C@H]2O)c(=O)[nH]1. The van der Waals surface area contributed by atoms with Gasteiger partial charge in [-0.15, -0.1) is 16.9 Å². The molecule has 41 heavy (non-hydrogen) atoms. The second kappa shape index (κ2) is 11.9. The van der Waals surface area contributed by atoms with Crippen molar-refractivity contribution in [2.24, 2.45) is 5.92 Å². The van der Waals surface area contributed by atoms with E-state index in [0.717, 1.165) is 11.8 Å². The second-order valence-electron chi connectivity index (χ2n) is 9.52. The molecule has 1 aliphatic rings. The molecule has 4 aromatic rings. The number of aliphatic hydroxyl groups excluding tert-OH is 1. The first-order valence-electron chi connectivity index (χ1n) is 12.7. The molecule has 1 saturated heterocycles. The van der Waals surface area contributed by atoms with Crippen LogP contribution >= 0.6 is 11.8 Å². The molecular weight excluding hydrogens is 552 g/mol. The molecule has 0 aliphatic carbocycles. The Hall–Kier alpha value is -4.56. The van der Waals surface area contributed by atoms with Crippen molar-refractivity contribution < 1.29 is 29.0 Å². The standard InChI is InChI=1S/C27H26N6O7S/c1-14(2)22(35)29-27-28-21-18(23(36)30-27)31-32-33(21)24-19(34)20(40-26(38)16-11-7-4-8-12-16)17(41-24)13-39-25(37)15-9-5-3-6-10-15/h3-12,14,17,19-20,24,34H,13H2,1-2H3,(H2,28,29,30,35,36)/t17-,19-,20-,24-/m1/s1. The van der Waals surface area contributed by atoms with Gasteiger partial charge in [0.15, 0.2) is 11.2 Å². The summed E-state index contributed by atoms with van der Waals surface area (Å²) in [6, 6.07) is 16.6. The first kappa shape index (κ1) is 28.0. The van der Waals surface area contributed by atoms with Crippen molar-refractivity contribution in [1.29, 1.82) is 0 Å². The normalized spacial score (nSPS) is 20.2. The number of fused-ring (bicyclic) bond motifs is 1. The Morgan fingerprint density at radius 1 is 1.05 bits per heavy atom. The Bertz CT molecular complexity index is 1630. The maximum absolute atomic E-state index is 12.9. The van der Waals surface area contributed by atoms with Gasteiger partial charge in [0.05, 0.1) is 16.4 Å². The van der Waals surface area contributed by atoms with E-state index in [-0.39, 0.29) is 41.1 Å². The molecule has 1 aliphatic heterocycles. The number of thioether (sulfide) groups is 1. The highest BCUT2D eigenvalue weighted by Crippen LogP contribution is 2.44. The fraction of sp³-hybridized carbons (Fsp3) is 0.296. The predicted octanol–water partition coefficient (Wildman–Crippen LogP) is 2.17. The van der Waals surface area contributed by atoms with Gasteiger partial charge in [0.25, 0.3) is 5.56 Å². The molecule has 0 unspecified atom stereocenters. The van der Waals surface area contributed by atoms with E-state index in [1.807, 2.05) is 0 Å². The van der Waals surface area contributed by atoms with Gasteiger partial charge >= 0.3 is 11.9 Å². The zero-order valence-electron chi connectivity index (χ0n) is 22.0. The summed E-state index contributed by atoms with van der Waals surface area (Å²) in [6.07, 6.45) is -2.48. The van der Waals surface area contributed by atoms with Gasteiger partial charge in [0, 0.05) is 5.92 Å². The summed E-state index contributed by atoms with van der Waals surface area (Å²) >= 11 is 1.12. The number of benzene rings is 2. The highest BCUT2D eigenvalue weighted by atomic mass is 32.2. The Balaban J connectivity index is 1.44. The smallest absolute Gasteiger partial charge is 0.338 e. The Morgan fingerprint density at radius 3 is 2.32 bits per heavy atom. The molecule has 2 aromatic heterocycles. The van der Waals surface area contributed by atoms with Crippen LogP contribution in [0.4, 0.5) is 5.95 Å². The molecule has 0 bridgehead atoms. The van der Waals surface area contributed by atoms with E-state index >= 15 is 0 Å². The third kappa shape index (κ3) is 5.98. The molecule has 212 valence electrons. The predicted molar refractivity (Wildman–Crippen MR) is 148 cm³/mol. The molecule has 3 heterocycles. The lowest BCUT2D eigenvalue weighted by Gasteiger charge is -2.22. The van der Waals surface area contributed by atoms with Gasteiger partial charge in [0.2, 0.25) is 11.9 Å². The number of hydrogen-bond donors (Lipinski definition) is 3. The van der Waals surface area contributed by atoms with Crippen LogP contribution in [0.5, 0.6) is 0 Å². The van der Waals surface area contributed by atoms with E-state index in [1.165, 1.54) is 4.68 Å². The van der Waals surface area contributed by atoms with Gasteiger partial charge in [0.1, 0.15) is 24.2 Å². The van der Waals surface area contributed by atoms with E-state index in [4.69, 9.17) is 9.47 Å². The summed E-state index contributed by atoms with van der Waals surface area (Å²) in [5.74, 6) is -2.10. The van der Waals surface area contributed by atoms with Crippen LogP contribution in [0.25, 0.3) is 11.2 Å². The zero-order chi connectivity index (χ0) is 29.1. The van der Waals surface area contributed by atoms with Crippen LogP contribution in [-0.2, 0) is 14.3 Å². The van der Waals surface area contributed by atoms with E-state index in [2.05, 4.69) is 25.6 Å². The summed E-state index contributed by atoms with van der Waals surface area (Å²) in [5.41, 5.74) is -0.139. The van der Waals surface area contributed by atoms with Crippen LogP contribution in [0.15, 0.2) is 65.5 Å². The fourth-order valence-corrected chi connectivity index (χ4v) is 5.56. The quantitative estimate of drug-likeness (QED) is 0.261. The Labute approximate surface area is 237 Å². The Morgan fingerprint density at radius 2 is 1.68 bits per heavy atom. The number of nitrogens with zero attached hydrogens (tertiary/aromatic N) is 4. The molecule has 0 saturated carbocycles. The first-order chi connectivity index (χ1) is 19.7. The van der Waals surface area contributed by atoms with Crippen LogP contribution < -0.4 is 10.9 Å². The van der Waals surface area contributed by atoms with E-state index in [0.29, 0.717) is 5.56 Å². The third-order valence-corrected chi connectivity index (χ3v) is 7.80. The number of amides is 1. The van der Waals surface area contributed by atoms with Crippen LogP contribution in [-0.4, -0.2) is 72.0 Å². The maximum atomic E-state index is 12.9. The summed E-state index contributed by atoms with van der Waals surface area (Å²) in [4.78, 5) is 57.1. The van der Waals surface area contributed by atoms with Gasteiger partial charge < -0.3 is 14.6 Å². The number of ether oxygens (including phenoxy) is 2. The second-order valence-corrected chi connectivity index (χ2v) is 10.9. The number of anilines is 1. The molecule has 2 aromatic carbocycles. The number of carbonyl (C=O) groups excluding carboxylic acids is 3.